The summed E-state index contributed by atoms with van der Waals surface area (Å²) in [5.41, 5.74) is 0.0488. The molecule has 13 heavy (non-hydrogen) atoms. The maximum absolute atomic E-state index is 11.8. The Labute approximate surface area is 86.1 Å². The Morgan fingerprint density at radius 3 is 2.62 bits per heavy atom. The van der Waals surface area contributed by atoms with Crippen molar-refractivity contribution >= 4 is 18.5 Å². The highest BCUT2D eigenvalue weighted by molar-refractivity contribution is 7.81. The van der Waals surface area contributed by atoms with Crippen LogP contribution in [-0.2, 0) is 4.79 Å². The smallest absolute Gasteiger partial charge is 0.235 e. The van der Waals surface area contributed by atoms with Crippen molar-refractivity contribution < 1.29 is 4.79 Å². The summed E-state index contributed by atoms with van der Waals surface area (Å²) < 4.78 is 0. The molecule has 0 radical (unpaired) electrons. The normalized spacial score (nSPS) is 23.2. The van der Waals surface area contributed by atoms with E-state index in [1.54, 1.807) is 0 Å². The molecule has 0 saturated carbocycles. The van der Waals surface area contributed by atoms with E-state index in [1.165, 1.54) is 0 Å². The SMILES string of the molecule is CCC(S)C(=O)N1CCCC1(C)C. The molecule has 1 fully saturated rings. The monoisotopic (exact) mass is 201 g/mol. The molecule has 3 heteroatoms. The van der Waals surface area contributed by atoms with Gasteiger partial charge in [-0.3, -0.25) is 4.79 Å². The number of hydrogen-bond acceptors (Lipinski definition) is 2. The Balaban J connectivity index is 2.66. The summed E-state index contributed by atoms with van der Waals surface area (Å²) >= 11 is 4.29. The van der Waals surface area contributed by atoms with Crippen LogP contribution in [0.1, 0.15) is 40.0 Å². The van der Waals surface area contributed by atoms with Crippen molar-refractivity contribution in [3.63, 3.8) is 0 Å². The van der Waals surface area contributed by atoms with E-state index < -0.39 is 0 Å². The molecule has 1 rings (SSSR count). The molecule has 0 aromatic carbocycles. The highest BCUT2D eigenvalue weighted by Crippen LogP contribution is 2.29. The maximum atomic E-state index is 11.8. The van der Waals surface area contributed by atoms with Crippen molar-refractivity contribution in [2.75, 3.05) is 6.54 Å². The van der Waals surface area contributed by atoms with Crippen LogP contribution in [0, 0.1) is 0 Å². The van der Waals surface area contributed by atoms with Gasteiger partial charge in [0.15, 0.2) is 0 Å². The third kappa shape index (κ3) is 2.19. The average molecular weight is 201 g/mol. The van der Waals surface area contributed by atoms with Gasteiger partial charge in [-0.05, 0) is 33.1 Å². The largest absolute Gasteiger partial charge is 0.337 e. The molecule has 1 aliphatic rings. The Hall–Kier alpha value is -0.180. The number of amides is 1. The van der Waals surface area contributed by atoms with Crippen molar-refractivity contribution in [1.29, 1.82) is 0 Å². The zero-order valence-electron chi connectivity index (χ0n) is 8.71. The first-order chi connectivity index (χ1) is 5.99. The fraction of sp³-hybridized carbons (Fsp3) is 0.900. The summed E-state index contributed by atoms with van der Waals surface area (Å²) in [5, 5.41) is -0.114. The second-order valence-corrected chi connectivity index (χ2v) is 4.95. The standard InChI is InChI=1S/C10H19NOS/c1-4-8(13)9(12)11-7-5-6-10(11,2)3/h8,13H,4-7H2,1-3H3. The first-order valence-corrected chi connectivity index (χ1v) is 5.50. The highest BCUT2D eigenvalue weighted by atomic mass is 32.1. The van der Waals surface area contributed by atoms with E-state index in [0.29, 0.717) is 0 Å². The third-order valence-electron chi connectivity index (χ3n) is 2.84. The van der Waals surface area contributed by atoms with Gasteiger partial charge >= 0.3 is 0 Å². The van der Waals surface area contributed by atoms with Gasteiger partial charge in [0.1, 0.15) is 0 Å². The lowest BCUT2D eigenvalue weighted by Crippen LogP contribution is -2.46. The lowest BCUT2D eigenvalue weighted by atomic mass is 10.0. The van der Waals surface area contributed by atoms with Gasteiger partial charge in [-0.2, -0.15) is 12.6 Å². The molecule has 1 amide bonds. The van der Waals surface area contributed by atoms with Gasteiger partial charge in [0, 0.05) is 12.1 Å². The van der Waals surface area contributed by atoms with Crippen molar-refractivity contribution in [3.05, 3.63) is 0 Å². The predicted molar refractivity (Wildman–Crippen MR) is 58.1 cm³/mol. The fourth-order valence-corrected chi connectivity index (χ4v) is 2.01. The summed E-state index contributed by atoms with van der Waals surface area (Å²) in [6.07, 6.45) is 3.06. The Kier molecular flexibility index (Phi) is 3.28. The van der Waals surface area contributed by atoms with E-state index in [-0.39, 0.29) is 16.7 Å². The summed E-state index contributed by atoms with van der Waals surface area (Å²) in [5.74, 6) is 0.202. The lowest BCUT2D eigenvalue weighted by molar-refractivity contribution is -0.133. The van der Waals surface area contributed by atoms with E-state index in [1.807, 2.05) is 11.8 Å². The molecule has 1 aliphatic heterocycles. The highest BCUT2D eigenvalue weighted by Gasteiger charge is 2.36. The van der Waals surface area contributed by atoms with Crippen molar-refractivity contribution in [2.45, 2.75) is 50.8 Å². The van der Waals surface area contributed by atoms with E-state index in [4.69, 9.17) is 0 Å². The minimum atomic E-state index is -0.114. The molecule has 0 spiro atoms. The van der Waals surface area contributed by atoms with Gasteiger partial charge in [0.25, 0.3) is 0 Å². The number of likely N-dealkylation sites (tertiary alicyclic amines) is 1. The molecular formula is C10H19NOS. The van der Waals surface area contributed by atoms with Crippen LogP contribution >= 0.6 is 12.6 Å². The molecule has 0 aromatic rings. The second-order valence-electron chi connectivity index (χ2n) is 4.33. The van der Waals surface area contributed by atoms with Gasteiger partial charge in [-0.1, -0.05) is 6.92 Å². The van der Waals surface area contributed by atoms with Crippen LogP contribution in [-0.4, -0.2) is 28.1 Å². The Morgan fingerprint density at radius 1 is 1.62 bits per heavy atom. The molecule has 0 aliphatic carbocycles. The molecule has 1 heterocycles. The van der Waals surface area contributed by atoms with Crippen LogP contribution in [0.4, 0.5) is 0 Å². The van der Waals surface area contributed by atoms with E-state index in [0.717, 1.165) is 25.8 Å². The minimum absolute atomic E-state index is 0.0488. The zero-order valence-corrected chi connectivity index (χ0v) is 9.60. The van der Waals surface area contributed by atoms with E-state index in [2.05, 4.69) is 26.5 Å². The van der Waals surface area contributed by atoms with Crippen LogP contribution in [0.5, 0.6) is 0 Å². The molecule has 1 saturated heterocycles. The molecule has 0 N–H and O–H groups in total. The minimum Gasteiger partial charge on any atom is -0.337 e. The summed E-state index contributed by atoms with van der Waals surface area (Å²) in [4.78, 5) is 13.8. The Bertz CT molecular complexity index is 203. The zero-order chi connectivity index (χ0) is 10.1. The summed E-state index contributed by atoms with van der Waals surface area (Å²) in [6.45, 7) is 7.17. The Morgan fingerprint density at radius 2 is 2.23 bits per heavy atom. The number of carbonyl (C=O) groups is 1. The molecule has 0 aromatic heterocycles. The van der Waals surface area contributed by atoms with Crippen molar-refractivity contribution in [3.8, 4) is 0 Å². The molecule has 0 bridgehead atoms. The first kappa shape index (κ1) is 10.9. The first-order valence-electron chi connectivity index (χ1n) is 4.98. The maximum Gasteiger partial charge on any atom is 0.235 e. The number of thiol groups is 1. The predicted octanol–water partition coefficient (Wildman–Crippen LogP) is 2.10. The topological polar surface area (TPSA) is 20.3 Å². The van der Waals surface area contributed by atoms with Crippen molar-refractivity contribution in [1.82, 2.24) is 4.90 Å². The van der Waals surface area contributed by atoms with Gasteiger partial charge in [0.05, 0.1) is 5.25 Å². The number of rotatable bonds is 2. The molecular weight excluding hydrogens is 182 g/mol. The van der Waals surface area contributed by atoms with Gasteiger partial charge in [-0.25, -0.2) is 0 Å². The van der Waals surface area contributed by atoms with Gasteiger partial charge < -0.3 is 4.90 Å². The number of hydrogen-bond donors (Lipinski definition) is 1. The van der Waals surface area contributed by atoms with E-state index >= 15 is 0 Å². The molecule has 2 nitrogen and oxygen atoms in total. The summed E-state index contributed by atoms with van der Waals surface area (Å²) in [7, 11) is 0. The van der Waals surface area contributed by atoms with Crippen LogP contribution < -0.4 is 0 Å². The van der Waals surface area contributed by atoms with Crippen LogP contribution in [0.15, 0.2) is 0 Å². The number of carbonyl (C=O) groups excluding carboxylic acids is 1. The number of nitrogens with zero attached hydrogens (tertiary/aromatic N) is 1. The van der Waals surface area contributed by atoms with Gasteiger partial charge in [0.2, 0.25) is 5.91 Å². The van der Waals surface area contributed by atoms with Crippen molar-refractivity contribution in [2.24, 2.45) is 0 Å². The van der Waals surface area contributed by atoms with Crippen LogP contribution in [0.3, 0.4) is 0 Å². The fourth-order valence-electron chi connectivity index (χ4n) is 1.87. The lowest BCUT2D eigenvalue weighted by Gasteiger charge is -2.33. The van der Waals surface area contributed by atoms with Crippen LogP contribution in [0.2, 0.25) is 0 Å². The average Bonchev–Trinajstić information content (AvgIpc) is 2.42. The molecule has 76 valence electrons. The van der Waals surface area contributed by atoms with Gasteiger partial charge in [-0.15, -0.1) is 0 Å². The molecule has 1 unspecified atom stereocenters. The van der Waals surface area contributed by atoms with Crippen LogP contribution in [0.25, 0.3) is 0 Å². The quantitative estimate of drug-likeness (QED) is 0.678. The summed E-state index contributed by atoms with van der Waals surface area (Å²) in [6, 6.07) is 0. The third-order valence-corrected chi connectivity index (χ3v) is 3.42. The molecule has 1 atom stereocenters. The second kappa shape index (κ2) is 3.91. The van der Waals surface area contributed by atoms with E-state index in [9.17, 15) is 4.79 Å².